The SMILES string of the molecule is O=C(NC1CCCN(c2ncccn2)C1)N1CCCn2c(cc3ccccc32)C1. The van der Waals surface area contributed by atoms with Crippen LogP contribution in [-0.4, -0.2) is 51.1 Å². The van der Waals surface area contributed by atoms with E-state index in [2.05, 4.69) is 55.1 Å². The number of anilines is 1. The summed E-state index contributed by atoms with van der Waals surface area (Å²) >= 11 is 0. The number of para-hydroxylation sites is 1. The molecule has 1 unspecified atom stereocenters. The van der Waals surface area contributed by atoms with Gasteiger partial charge in [0.1, 0.15) is 0 Å². The van der Waals surface area contributed by atoms with Crippen LogP contribution >= 0.6 is 0 Å². The second kappa shape index (κ2) is 7.73. The zero-order valence-corrected chi connectivity index (χ0v) is 16.5. The number of fused-ring (bicyclic) bond motifs is 3. The van der Waals surface area contributed by atoms with Crippen LogP contribution in [0.5, 0.6) is 0 Å². The average molecular weight is 390 g/mol. The van der Waals surface area contributed by atoms with Gasteiger partial charge in [0.2, 0.25) is 5.95 Å². The Morgan fingerprint density at radius 2 is 1.90 bits per heavy atom. The van der Waals surface area contributed by atoms with E-state index in [0.717, 1.165) is 51.4 Å². The van der Waals surface area contributed by atoms with Crippen LogP contribution in [0, 0.1) is 0 Å². The fourth-order valence-electron chi connectivity index (χ4n) is 4.53. The predicted molar refractivity (Wildman–Crippen MR) is 113 cm³/mol. The van der Waals surface area contributed by atoms with Gasteiger partial charge in [0, 0.05) is 55.8 Å². The molecule has 7 heteroatoms. The minimum Gasteiger partial charge on any atom is -0.343 e. The zero-order chi connectivity index (χ0) is 19.6. The van der Waals surface area contributed by atoms with Crippen molar-refractivity contribution in [3.63, 3.8) is 0 Å². The van der Waals surface area contributed by atoms with Gasteiger partial charge in [0.15, 0.2) is 0 Å². The molecule has 0 radical (unpaired) electrons. The van der Waals surface area contributed by atoms with Gasteiger partial charge in [-0.3, -0.25) is 0 Å². The Hall–Kier alpha value is -3.09. The molecular formula is C22H26N6O. The minimum atomic E-state index is 0.0320. The quantitative estimate of drug-likeness (QED) is 0.730. The summed E-state index contributed by atoms with van der Waals surface area (Å²) in [6.45, 7) is 4.07. The van der Waals surface area contributed by atoms with Gasteiger partial charge in [0.05, 0.1) is 6.54 Å². The first-order valence-electron chi connectivity index (χ1n) is 10.4. The number of piperidine rings is 1. The van der Waals surface area contributed by atoms with Crippen molar-refractivity contribution >= 4 is 22.9 Å². The fourth-order valence-corrected chi connectivity index (χ4v) is 4.53. The Kier molecular flexibility index (Phi) is 4.79. The van der Waals surface area contributed by atoms with Gasteiger partial charge in [0.25, 0.3) is 0 Å². The van der Waals surface area contributed by atoms with Gasteiger partial charge in [-0.05, 0) is 42.8 Å². The van der Waals surface area contributed by atoms with Gasteiger partial charge in [-0.25, -0.2) is 14.8 Å². The lowest BCUT2D eigenvalue weighted by molar-refractivity contribution is 0.190. The molecule has 3 aromatic rings. The normalized spacial score (nSPS) is 19.7. The summed E-state index contributed by atoms with van der Waals surface area (Å²) in [6.07, 6.45) is 6.51. The number of carbonyl (C=O) groups excluding carboxylic acids is 1. The summed E-state index contributed by atoms with van der Waals surface area (Å²) in [5, 5.41) is 4.51. The predicted octanol–water partition coefficient (Wildman–Crippen LogP) is 3.02. The smallest absolute Gasteiger partial charge is 0.318 e. The molecule has 0 aliphatic carbocycles. The molecule has 0 bridgehead atoms. The topological polar surface area (TPSA) is 66.3 Å². The third-order valence-corrected chi connectivity index (χ3v) is 5.93. The van der Waals surface area contributed by atoms with Gasteiger partial charge >= 0.3 is 6.03 Å². The lowest BCUT2D eigenvalue weighted by Crippen LogP contribution is -2.51. The number of urea groups is 1. The zero-order valence-electron chi connectivity index (χ0n) is 16.5. The maximum atomic E-state index is 13.0. The maximum Gasteiger partial charge on any atom is 0.318 e. The molecule has 2 amide bonds. The third-order valence-electron chi connectivity index (χ3n) is 5.93. The second-order valence-electron chi connectivity index (χ2n) is 7.90. The summed E-state index contributed by atoms with van der Waals surface area (Å²) in [6, 6.07) is 12.6. The summed E-state index contributed by atoms with van der Waals surface area (Å²) in [4.78, 5) is 25.9. The average Bonchev–Trinajstić information content (AvgIpc) is 2.97. The molecule has 4 heterocycles. The van der Waals surface area contributed by atoms with E-state index in [9.17, 15) is 4.79 Å². The first kappa shape index (κ1) is 18.0. The number of carbonyl (C=O) groups is 1. The molecule has 0 spiro atoms. The minimum absolute atomic E-state index is 0.0320. The molecule has 2 aliphatic rings. The number of nitrogens with one attached hydrogen (secondary N) is 1. The van der Waals surface area contributed by atoms with Crippen LogP contribution in [0.25, 0.3) is 10.9 Å². The second-order valence-corrected chi connectivity index (χ2v) is 7.90. The lowest BCUT2D eigenvalue weighted by Gasteiger charge is -2.34. The van der Waals surface area contributed by atoms with Gasteiger partial charge in [-0.15, -0.1) is 0 Å². The lowest BCUT2D eigenvalue weighted by atomic mass is 10.1. The number of aryl methyl sites for hydroxylation is 1. The summed E-state index contributed by atoms with van der Waals surface area (Å²) in [5.41, 5.74) is 2.47. The molecule has 150 valence electrons. The molecule has 1 N–H and O–H groups in total. The van der Waals surface area contributed by atoms with Crippen molar-refractivity contribution in [2.45, 2.75) is 38.4 Å². The highest BCUT2D eigenvalue weighted by molar-refractivity contribution is 5.82. The van der Waals surface area contributed by atoms with Crippen molar-refractivity contribution < 1.29 is 4.79 Å². The van der Waals surface area contributed by atoms with E-state index < -0.39 is 0 Å². The Balaban J connectivity index is 1.27. The molecule has 29 heavy (non-hydrogen) atoms. The molecule has 7 nitrogen and oxygen atoms in total. The molecule has 2 aromatic heterocycles. The van der Waals surface area contributed by atoms with Crippen LogP contribution in [0.4, 0.5) is 10.7 Å². The van der Waals surface area contributed by atoms with Crippen LogP contribution < -0.4 is 10.2 Å². The van der Waals surface area contributed by atoms with Crippen LogP contribution in [0.3, 0.4) is 0 Å². The fraction of sp³-hybridized carbons (Fsp3) is 0.409. The summed E-state index contributed by atoms with van der Waals surface area (Å²) in [7, 11) is 0. The van der Waals surface area contributed by atoms with E-state index in [-0.39, 0.29) is 12.1 Å². The molecule has 1 aromatic carbocycles. The van der Waals surface area contributed by atoms with Crippen molar-refractivity contribution in [3.8, 4) is 0 Å². The van der Waals surface area contributed by atoms with Crippen molar-refractivity contribution in [1.29, 1.82) is 0 Å². The highest BCUT2D eigenvalue weighted by Crippen LogP contribution is 2.24. The van der Waals surface area contributed by atoms with E-state index in [0.29, 0.717) is 6.54 Å². The van der Waals surface area contributed by atoms with Crippen LogP contribution in [0.2, 0.25) is 0 Å². The molecule has 1 saturated heterocycles. The van der Waals surface area contributed by atoms with Gasteiger partial charge in [-0.1, -0.05) is 18.2 Å². The van der Waals surface area contributed by atoms with Crippen molar-refractivity contribution in [2.24, 2.45) is 0 Å². The number of benzene rings is 1. The van der Waals surface area contributed by atoms with Crippen molar-refractivity contribution in [2.75, 3.05) is 24.5 Å². The van der Waals surface area contributed by atoms with Crippen molar-refractivity contribution in [1.82, 2.24) is 24.8 Å². The number of hydrogen-bond donors (Lipinski definition) is 1. The first-order chi connectivity index (χ1) is 14.3. The van der Waals surface area contributed by atoms with E-state index in [1.165, 1.54) is 16.6 Å². The monoisotopic (exact) mass is 390 g/mol. The number of hydrogen-bond acceptors (Lipinski definition) is 4. The van der Waals surface area contributed by atoms with Crippen LogP contribution in [0.1, 0.15) is 25.0 Å². The van der Waals surface area contributed by atoms with E-state index >= 15 is 0 Å². The van der Waals surface area contributed by atoms with E-state index in [1.807, 2.05) is 11.0 Å². The Bertz CT molecular complexity index is 1000. The third kappa shape index (κ3) is 3.64. The Labute approximate surface area is 170 Å². The van der Waals surface area contributed by atoms with Gasteiger partial charge in [-0.2, -0.15) is 0 Å². The molecule has 5 rings (SSSR count). The summed E-state index contributed by atoms with van der Waals surface area (Å²) < 4.78 is 2.36. The largest absolute Gasteiger partial charge is 0.343 e. The van der Waals surface area contributed by atoms with Crippen molar-refractivity contribution in [3.05, 3.63) is 54.5 Å². The standard InChI is InChI=1S/C22H26N6O/c29-22(25-18-7-3-11-26(15-18)21-23-9-4-10-24-21)27-12-5-13-28-19(16-27)14-17-6-1-2-8-20(17)28/h1-2,4,6,8-10,14,18H,3,5,7,11-13,15-16H2,(H,25,29). The highest BCUT2D eigenvalue weighted by Gasteiger charge is 2.26. The molecule has 1 atom stereocenters. The van der Waals surface area contributed by atoms with E-state index in [4.69, 9.17) is 0 Å². The van der Waals surface area contributed by atoms with Crippen LogP contribution in [-0.2, 0) is 13.1 Å². The highest BCUT2D eigenvalue weighted by atomic mass is 16.2. The van der Waals surface area contributed by atoms with Crippen LogP contribution in [0.15, 0.2) is 48.8 Å². The van der Waals surface area contributed by atoms with Gasteiger partial charge < -0.3 is 19.7 Å². The Morgan fingerprint density at radius 1 is 1.03 bits per heavy atom. The maximum absolute atomic E-state index is 13.0. The molecular weight excluding hydrogens is 364 g/mol. The Morgan fingerprint density at radius 3 is 2.79 bits per heavy atom. The number of amides is 2. The first-order valence-corrected chi connectivity index (χ1v) is 10.4. The number of nitrogens with zero attached hydrogens (tertiary/aromatic N) is 5. The number of aromatic nitrogens is 3. The molecule has 0 saturated carbocycles. The number of rotatable bonds is 2. The summed E-state index contributed by atoms with van der Waals surface area (Å²) in [5.74, 6) is 0.741. The molecule has 1 fully saturated rings. The van der Waals surface area contributed by atoms with E-state index in [1.54, 1.807) is 12.4 Å². The molecule has 2 aliphatic heterocycles.